The molecule has 0 radical (unpaired) electrons. The molecule has 0 spiro atoms. The number of hydrogen-bond donors (Lipinski definition) is 1. The van der Waals surface area contributed by atoms with Crippen molar-refractivity contribution in [2.45, 2.75) is 13.3 Å². The fourth-order valence-corrected chi connectivity index (χ4v) is 0.799. The van der Waals surface area contributed by atoms with Gasteiger partial charge in [0.15, 0.2) is 0 Å². The van der Waals surface area contributed by atoms with Crippen LogP contribution in [0.1, 0.15) is 13.3 Å². The van der Waals surface area contributed by atoms with Crippen LogP contribution in [0.5, 0.6) is 0 Å². The van der Waals surface area contributed by atoms with Crippen molar-refractivity contribution >= 4 is 0 Å². The van der Waals surface area contributed by atoms with Crippen LogP contribution in [0.4, 0.5) is 0 Å². The Morgan fingerprint density at radius 3 is 2.67 bits per heavy atom. The van der Waals surface area contributed by atoms with E-state index in [1.807, 2.05) is 0 Å². The molecule has 0 saturated carbocycles. The maximum absolute atomic E-state index is 3.27. The Morgan fingerprint density at radius 2 is 2.50 bits per heavy atom. The molecule has 0 amide bonds. The van der Waals surface area contributed by atoms with Gasteiger partial charge >= 0.3 is 0 Å². The summed E-state index contributed by atoms with van der Waals surface area (Å²) in [5.74, 6) is 0.935. The van der Waals surface area contributed by atoms with Crippen molar-refractivity contribution in [1.82, 2.24) is 5.32 Å². The Hall–Kier alpha value is -0.0400. The molecule has 36 valence electrons. The quantitative estimate of drug-likeness (QED) is 0.454. The van der Waals surface area contributed by atoms with Gasteiger partial charge in [0, 0.05) is 0 Å². The van der Waals surface area contributed by atoms with Crippen molar-refractivity contribution < 1.29 is 0 Å². The average molecular weight is 85.1 g/mol. The van der Waals surface area contributed by atoms with Crippen LogP contribution in [0.3, 0.4) is 0 Å². The van der Waals surface area contributed by atoms with Crippen molar-refractivity contribution in [3.05, 3.63) is 0 Å². The highest BCUT2D eigenvalue weighted by Gasteiger charge is 2.06. The van der Waals surface area contributed by atoms with Gasteiger partial charge in [-0.25, -0.2) is 0 Å². The van der Waals surface area contributed by atoms with Gasteiger partial charge in [-0.1, -0.05) is 6.92 Å². The molecule has 0 aromatic rings. The van der Waals surface area contributed by atoms with E-state index < -0.39 is 0 Å². The van der Waals surface area contributed by atoms with E-state index in [-0.39, 0.29) is 0 Å². The Morgan fingerprint density at radius 1 is 1.67 bits per heavy atom. The van der Waals surface area contributed by atoms with Crippen LogP contribution >= 0.6 is 0 Å². The smallest absolute Gasteiger partial charge is 0.00227 e. The summed E-state index contributed by atoms with van der Waals surface area (Å²) in [7, 11) is 0. The number of nitrogens with one attached hydrogen (secondary N) is 1. The molecule has 0 unspecified atom stereocenters. The predicted molar refractivity (Wildman–Crippen MR) is 26.7 cm³/mol. The third-order valence-corrected chi connectivity index (χ3v) is 1.31. The Labute approximate surface area is 38.7 Å². The summed E-state index contributed by atoms with van der Waals surface area (Å²) in [5, 5.41) is 3.27. The Balaban J connectivity index is 2.18. The molecule has 1 N–H and O–H groups in total. The zero-order valence-corrected chi connectivity index (χ0v) is 4.20. The van der Waals surface area contributed by atoms with Gasteiger partial charge in [0.1, 0.15) is 0 Å². The van der Waals surface area contributed by atoms with E-state index >= 15 is 0 Å². The molecule has 1 atom stereocenters. The zero-order valence-electron chi connectivity index (χ0n) is 4.20. The van der Waals surface area contributed by atoms with Crippen LogP contribution in [0.25, 0.3) is 0 Å². The monoisotopic (exact) mass is 85.1 g/mol. The molecule has 1 saturated heterocycles. The molecule has 1 fully saturated rings. The molecule has 1 heteroatoms. The van der Waals surface area contributed by atoms with Gasteiger partial charge in [-0.2, -0.15) is 0 Å². The summed E-state index contributed by atoms with van der Waals surface area (Å²) in [5.41, 5.74) is 0. The van der Waals surface area contributed by atoms with Crippen LogP contribution in [-0.4, -0.2) is 13.1 Å². The minimum Gasteiger partial charge on any atom is -0.316 e. The minimum absolute atomic E-state index is 0.935. The lowest BCUT2D eigenvalue weighted by molar-refractivity contribution is 0.651. The SMILES string of the molecule is C[C@H]1CCNC1. The Bertz CT molecular complexity index is 37.2. The van der Waals surface area contributed by atoms with Crippen LogP contribution in [-0.2, 0) is 0 Å². The highest BCUT2D eigenvalue weighted by Crippen LogP contribution is 2.03. The van der Waals surface area contributed by atoms with Crippen molar-refractivity contribution in [2.24, 2.45) is 5.92 Å². The number of rotatable bonds is 0. The van der Waals surface area contributed by atoms with Gasteiger partial charge in [-0.3, -0.25) is 0 Å². The molecular formula is C5H11N. The largest absolute Gasteiger partial charge is 0.316 e. The maximum atomic E-state index is 3.27. The van der Waals surface area contributed by atoms with E-state index in [0.717, 1.165) is 5.92 Å². The topological polar surface area (TPSA) is 12.0 Å². The van der Waals surface area contributed by atoms with Gasteiger partial charge in [-0.15, -0.1) is 0 Å². The minimum atomic E-state index is 0.935. The molecule has 6 heavy (non-hydrogen) atoms. The van der Waals surface area contributed by atoms with E-state index in [2.05, 4.69) is 12.2 Å². The van der Waals surface area contributed by atoms with E-state index in [9.17, 15) is 0 Å². The summed E-state index contributed by atoms with van der Waals surface area (Å²) < 4.78 is 0. The molecule has 1 heterocycles. The first-order chi connectivity index (χ1) is 2.89. The molecule has 1 aliphatic rings. The van der Waals surface area contributed by atoms with Crippen molar-refractivity contribution in [3.63, 3.8) is 0 Å². The van der Waals surface area contributed by atoms with E-state index in [1.165, 1.54) is 19.5 Å². The average Bonchev–Trinajstić information content (AvgIpc) is 1.86. The van der Waals surface area contributed by atoms with Gasteiger partial charge in [0.2, 0.25) is 0 Å². The molecule has 1 aliphatic heterocycles. The summed E-state index contributed by atoms with van der Waals surface area (Å²) in [6.45, 7) is 4.75. The molecule has 0 aromatic carbocycles. The second-order valence-electron chi connectivity index (χ2n) is 2.10. The van der Waals surface area contributed by atoms with Gasteiger partial charge in [-0.05, 0) is 25.4 Å². The fourth-order valence-electron chi connectivity index (χ4n) is 0.799. The molecule has 0 bridgehead atoms. The van der Waals surface area contributed by atoms with Crippen LogP contribution < -0.4 is 5.32 Å². The molecule has 1 nitrogen and oxygen atoms in total. The summed E-state index contributed by atoms with van der Waals surface area (Å²) in [6, 6.07) is 0. The van der Waals surface area contributed by atoms with Crippen molar-refractivity contribution in [3.8, 4) is 0 Å². The zero-order chi connectivity index (χ0) is 4.41. The second kappa shape index (κ2) is 1.61. The first kappa shape index (κ1) is 4.13. The van der Waals surface area contributed by atoms with E-state index in [1.54, 1.807) is 0 Å². The highest BCUT2D eigenvalue weighted by molar-refractivity contribution is 4.65. The van der Waals surface area contributed by atoms with Crippen LogP contribution in [0.2, 0.25) is 0 Å². The standard InChI is InChI=1S/C5H11N/c1-5-2-3-6-4-5/h5-6H,2-4H2,1H3/t5-/m0/s1. The summed E-state index contributed by atoms with van der Waals surface area (Å²) in [6.07, 6.45) is 1.38. The lowest BCUT2D eigenvalue weighted by atomic mass is 10.2. The third kappa shape index (κ3) is 0.716. The third-order valence-electron chi connectivity index (χ3n) is 1.31. The molecule has 0 aliphatic carbocycles. The summed E-state index contributed by atoms with van der Waals surface area (Å²) in [4.78, 5) is 0. The summed E-state index contributed by atoms with van der Waals surface area (Å²) >= 11 is 0. The lowest BCUT2D eigenvalue weighted by Crippen LogP contribution is -2.06. The first-order valence-corrected chi connectivity index (χ1v) is 2.60. The predicted octanol–water partition coefficient (Wildman–Crippen LogP) is 0.616. The van der Waals surface area contributed by atoms with Gasteiger partial charge in [0.25, 0.3) is 0 Å². The van der Waals surface area contributed by atoms with Gasteiger partial charge < -0.3 is 5.32 Å². The van der Waals surface area contributed by atoms with Crippen LogP contribution in [0.15, 0.2) is 0 Å². The highest BCUT2D eigenvalue weighted by atomic mass is 14.9. The molecule has 1 rings (SSSR count). The number of hydrogen-bond acceptors (Lipinski definition) is 1. The second-order valence-corrected chi connectivity index (χ2v) is 2.10. The van der Waals surface area contributed by atoms with Crippen molar-refractivity contribution in [1.29, 1.82) is 0 Å². The maximum Gasteiger partial charge on any atom is -0.00227 e. The Kier molecular flexibility index (Phi) is 1.10. The van der Waals surface area contributed by atoms with E-state index in [4.69, 9.17) is 0 Å². The van der Waals surface area contributed by atoms with E-state index in [0.29, 0.717) is 0 Å². The fraction of sp³-hybridized carbons (Fsp3) is 1.00. The van der Waals surface area contributed by atoms with Crippen molar-refractivity contribution in [2.75, 3.05) is 13.1 Å². The first-order valence-electron chi connectivity index (χ1n) is 2.60. The van der Waals surface area contributed by atoms with Crippen LogP contribution in [0, 0.1) is 5.92 Å². The normalized spacial score (nSPS) is 34.5. The lowest BCUT2D eigenvalue weighted by Gasteiger charge is -1.90. The van der Waals surface area contributed by atoms with Gasteiger partial charge in [0.05, 0.1) is 0 Å². The molecular weight excluding hydrogens is 74.1 g/mol. The molecule has 0 aromatic heterocycles.